The topological polar surface area (TPSA) is 29.1 Å². The Hall–Kier alpha value is -2.23. The highest BCUT2D eigenvalue weighted by atomic mass is 35.5. The van der Waals surface area contributed by atoms with Gasteiger partial charge in [-0.1, -0.05) is 49.2 Å². The van der Waals surface area contributed by atoms with Gasteiger partial charge in [-0.25, -0.2) is 0 Å². The van der Waals surface area contributed by atoms with Crippen molar-refractivity contribution in [3.63, 3.8) is 0 Å². The summed E-state index contributed by atoms with van der Waals surface area (Å²) in [6.45, 7) is 2.19. The van der Waals surface area contributed by atoms with Crippen LogP contribution in [0.15, 0.2) is 77.7 Å². The molecular formula is C24H24ClNOS. The van der Waals surface area contributed by atoms with E-state index in [1.165, 1.54) is 28.9 Å². The van der Waals surface area contributed by atoms with E-state index in [0.717, 1.165) is 22.9 Å². The number of anilines is 1. The molecule has 28 heavy (non-hydrogen) atoms. The molecule has 1 amide bonds. The van der Waals surface area contributed by atoms with Crippen LogP contribution in [0.2, 0.25) is 5.02 Å². The first-order valence-corrected chi connectivity index (χ1v) is 10.9. The van der Waals surface area contributed by atoms with Crippen LogP contribution in [0.5, 0.6) is 0 Å². The molecule has 0 bridgehead atoms. The molecular weight excluding hydrogens is 386 g/mol. The van der Waals surface area contributed by atoms with Gasteiger partial charge in [0.1, 0.15) is 0 Å². The van der Waals surface area contributed by atoms with E-state index < -0.39 is 0 Å². The maximum absolute atomic E-state index is 12.5. The number of nitrogens with one attached hydrogen (secondary N) is 1. The van der Waals surface area contributed by atoms with Gasteiger partial charge in [-0.15, -0.1) is 11.8 Å². The molecule has 0 aromatic heterocycles. The summed E-state index contributed by atoms with van der Waals surface area (Å²) in [5.41, 5.74) is 3.97. The van der Waals surface area contributed by atoms with Crippen molar-refractivity contribution in [3.8, 4) is 0 Å². The van der Waals surface area contributed by atoms with E-state index >= 15 is 0 Å². The molecule has 0 spiro atoms. The Labute approximate surface area is 176 Å². The Balaban J connectivity index is 1.53. The molecule has 3 aromatic rings. The van der Waals surface area contributed by atoms with Crippen molar-refractivity contribution < 1.29 is 4.79 Å². The minimum Gasteiger partial charge on any atom is -0.322 e. The number of hydrogen-bond acceptors (Lipinski definition) is 2. The molecule has 144 valence electrons. The molecule has 4 heteroatoms. The number of carbonyl (C=O) groups is 1. The maximum Gasteiger partial charge on any atom is 0.255 e. The summed E-state index contributed by atoms with van der Waals surface area (Å²) in [4.78, 5) is 13.6. The highest BCUT2D eigenvalue weighted by molar-refractivity contribution is 7.98. The lowest BCUT2D eigenvalue weighted by Gasteiger charge is -2.08. The van der Waals surface area contributed by atoms with Crippen molar-refractivity contribution in [3.05, 3.63) is 94.5 Å². The normalized spacial score (nSPS) is 10.6. The van der Waals surface area contributed by atoms with E-state index in [1.54, 1.807) is 11.8 Å². The molecule has 0 atom stereocenters. The van der Waals surface area contributed by atoms with Crippen LogP contribution in [0.1, 0.15) is 41.3 Å². The number of benzene rings is 3. The Morgan fingerprint density at radius 2 is 1.54 bits per heavy atom. The molecule has 0 heterocycles. The van der Waals surface area contributed by atoms with Gasteiger partial charge in [-0.2, -0.15) is 0 Å². The predicted molar refractivity (Wildman–Crippen MR) is 120 cm³/mol. The summed E-state index contributed by atoms with van der Waals surface area (Å²) >= 11 is 7.66. The van der Waals surface area contributed by atoms with Crippen LogP contribution in [0.4, 0.5) is 5.69 Å². The van der Waals surface area contributed by atoms with Crippen LogP contribution in [0, 0.1) is 0 Å². The maximum atomic E-state index is 12.5. The number of aryl methyl sites for hydroxylation is 1. The largest absolute Gasteiger partial charge is 0.322 e. The lowest BCUT2D eigenvalue weighted by Crippen LogP contribution is -2.11. The molecule has 0 saturated heterocycles. The zero-order chi connectivity index (χ0) is 19.8. The van der Waals surface area contributed by atoms with E-state index in [4.69, 9.17) is 11.6 Å². The average Bonchev–Trinajstić information content (AvgIpc) is 2.73. The number of amides is 1. The Morgan fingerprint density at radius 3 is 2.18 bits per heavy atom. The van der Waals surface area contributed by atoms with Crippen LogP contribution in [0.25, 0.3) is 0 Å². The first-order valence-electron chi connectivity index (χ1n) is 9.51. The van der Waals surface area contributed by atoms with Crippen molar-refractivity contribution in [2.45, 2.75) is 36.8 Å². The number of carbonyl (C=O) groups excluding carboxylic acids is 1. The van der Waals surface area contributed by atoms with Crippen LogP contribution in [-0.2, 0) is 12.2 Å². The number of hydrogen-bond donors (Lipinski definition) is 1. The molecule has 0 fully saturated rings. The monoisotopic (exact) mass is 409 g/mol. The third-order valence-electron chi connectivity index (χ3n) is 4.47. The zero-order valence-electron chi connectivity index (χ0n) is 16.0. The fourth-order valence-electron chi connectivity index (χ4n) is 2.79. The van der Waals surface area contributed by atoms with Gasteiger partial charge in [0, 0.05) is 26.9 Å². The molecule has 3 rings (SSSR count). The van der Waals surface area contributed by atoms with E-state index in [0.29, 0.717) is 5.56 Å². The summed E-state index contributed by atoms with van der Waals surface area (Å²) in [5.74, 6) is 0.765. The van der Waals surface area contributed by atoms with Crippen molar-refractivity contribution >= 4 is 35.0 Å². The van der Waals surface area contributed by atoms with Crippen molar-refractivity contribution in [1.82, 2.24) is 0 Å². The highest BCUT2D eigenvalue weighted by Gasteiger charge is 2.06. The second-order valence-corrected chi connectivity index (χ2v) is 8.18. The molecule has 0 aliphatic rings. The zero-order valence-corrected chi connectivity index (χ0v) is 17.5. The highest BCUT2D eigenvalue weighted by Crippen LogP contribution is 2.24. The Bertz CT molecular complexity index is 889. The van der Waals surface area contributed by atoms with Crippen LogP contribution in [-0.4, -0.2) is 5.91 Å². The van der Waals surface area contributed by atoms with Gasteiger partial charge in [0.15, 0.2) is 0 Å². The van der Waals surface area contributed by atoms with E-state index in [1.807, 2.05) is 60.7 Å². The summed E-state index contributed by atoms with van der Waals surface area (Å²) in [6, 6.07) is 23.7. The number of thioether (sulfide) groups is 1. The lowest BCUT2D eigenvalue weighted by atomic mass is 10.1. The third-order valence-corrected chi connectivity index (χ3v) is 5.80. The van der Waals surface area contributed by atoms with Crippen molar-refractivity contribution in [1.29, 1.82) is 0 Å². The van der Waals surface area contributed by atoms with Gasteiger partial charge in [-0.05, 0) is 72.5 Å². The summed E-state index contributed by atoms with van der Waals surface area (Å²) in [6.07, 6.45) is 3.46. The van der Waals surface area contributed by atoms with Crippen molar-refractivity contribution in [2.24, 2.45) is 0 Å². The van der Waals surface area contributed by atoms with Gasteiger partial charge in [0.05, 0.1) is 0 Å². The Morgan fingerprint density at radius 1 is 0.893 bits per heavy atom. The molecule has 2 nitrogen and oxygen atoms in total. The molecule has 1 N–H and O–H groups in total. The molecule has 0 radical (unpaired) electrons. The van der Waals surface area contributed by atoms with Crippen molar-refractivity contribution in [2.75, 3.05) is 5.32 Å². The smallest absolute Gasteiger partial charge is 0.255 e. The Kier molecular flexibility index (Phi) is 7.58. The second kappa shape index (κ2) is 10.4. The van der Waals surface area contributed by atoms with Crippen LogP contribution < -0.4 is 5.32 Å². The summed E-state index contributed by atoms with van der Waals surface area (Å²) in [7, 11) is 0. The van der Waals surface area contributed by atoms with Crippen LogP contribution >= 0.6 is 23.4 Å². The molecule has 0 aliphatic carbocycles. The van der Waals surface area contributed by atoms with Gasteiger partial charge in [0.25, 0.3) is 5.91 Å². The molecule has 3 aromatic carbocycles. The molecule has 0 saturated carbocycles. The fraction of sp³-hybridized carbons (Fsp3) is 0.208. The minimum atomic E-state index is -0.0850. The van der Waals surface area contributed by atoms with Gasteiger partial charge in [0.2, 0.25) is 0 Å². The fourth-order valence-corrected chi connectivity index (χ4v) is 3.77. The first kappa shape index (κ1) is 20.5. The average molecular weight is 410 g/mol. The van der Waals surface area contributed by atoms with Gasteiger partial charge >= 0.3 is 0 Å². The predicted octanol–water partition coefficient (Wildman–Crippen LogP) is 7.23. The molecule has 0 aliphatic heterocycles. The quantitative estimate of drug-likeness (QED) is 0.397. The van der Waals surface area contributed by atoms with E-state index in [9.17, 15) is 4.79 Å². The van der Waals surface area contributed by atoms with E-state index in [2.05, 4.69) is 24.4 Å². The third kappa shape index (κ3) is 6.15. The summed E-state index contributed by atoms with van der Waals surface area (Å²) < 4.78 is 0. The van der Waals surface area contributed by atoms with Gasteiger partial charge in [-0.3, -0.25) is 4.79 Å². The SMILES string of the molecule is CCCCc1ccc(NC(=O)c2ccc(CSc3ccc(Cl)cc3)cc2)cc1. The number of unbranched alkanes of at least 4 members (excludes halogenated alkanes) is 1. The van der Waals surface area contributed by atoms with Crippen LogP contribution in [0.3, 0.4) is 0 Å². The second-order valence-electron chi connectivity index (χ2n) is 6.69. The first-order chi connectivity index (χ1) is 13.6. The minimum absolute atomic E-state index is 0.0850. The number of halogens is 1. The van der Waals surface area contributed by atoms with E-state index in [-0.39, 0.29) is 5.91 Å². The summed E-state index contributed by atoms with van der Waals surface area (Å²) in [5, 5.41) is 3.71. The van der Waals surface area contributed by atoms with Gasteiger partial charge < -0.3 is 5.32 Å². The molecule has 0 unspecified atom stereocenters. The standard InChI is InChI=1S/C24H24ClNOS/c1-2-3-4-18-7-13-22(14-8-18)26-24(27)20-9-5-19(6-10-20)17-28-23-15-11-21(25)12-16-23/h5-16H,2-4,17H2,1H3,(H,26,27). The lowest BCUT2D eigenvalue weighted by molar-refractivity contribution is 0.102. The number of rotatable bonds is 8.